The van der Waals surface area contributed by atoms with Crippen molar-refractivity contribution >= 4 is 28.8 Å². The molecule has 7 heteroatoms. The lowest BCUT2D eigenvalue weighted by Crippen LogP contribution is -2.28. The summed E-state index contributed by atoms with van der Waals surface area (Å²) in [5.74, 6) is 1.03. The summed E-state index contributed by atoms with van der Waals surface area (Å²) in [6.07, 6.45) is 2.11. The zero-order valence-electron chi connectivity index (χ0n) is 22.1. The quantitative estimate of drug-likeness (QED) is 0.374. The van der Waals surface area contributed by atoms with E-state index in [4.69, 9.17) is 10.7 Å². The number of rotatable bonds is 10. The van der Waals surface area contributed by atoms with Crippen LogP contribution >= 0.6 is 0 Å². The smallest absolute Gasteiger partial charge is 0.251 e. The summed E-state index contributed by atoms with van der Waals surface area (Å²) in [4.78, 5) is 22.8. The zero-order chi connectivity index (χ0) is 26.2. The first kappa shape index (κ1) is 26.4. The standard InChI is InChI=1S/C30H38N6O/c1-22-19-26(14-15-27(22)36-17-8-13-28(36)32-16-18-35(2)3)34-30(37)29(24-10-5-4-6-11-24)33-25-12-7-9-23(20-25)21-31/h4-7,9-12,14-15,19-20,29,33H,8,13,16-18,21,31H2,1-3H3,(H,34,37)/b32-28+. The highest BCUT2D eigenvalue weighted by Crippen LogP contribution is 2.29. The molecule has 1 atom stereocenters. The van der Waals surface area contributed by atoms with Crippen molar-refractivity contribution in [3.05, 3.63) is 89.5 Å². The highest BCUT2D eigenvalue weighted by Gasteiger charge is 2.23. The van der Waals surface area contributed by atoms with Crippen molar-refractivity contribution in [2.45, 2.75) is 32.4 Å². The van der Waals surface area contributed by atoms with Crippen LogP contribution in [0.3, 0.4) is 0 Å². The summed E-state index contributed by atoms with van der Waals surface area (Å²) in [5, 5.41) is 6.52. The SMILES string of the molecule is Cc1cc(NC(=O)C(Nc2cccc(CN)c2)c2ccccc2)ccc1N1CCC/C1=N\CCN(C)C. The van der Waals surface area contributed by atoms with Gasteiger partial charge in [0.25, 0.3) is 5.91 Å². The van der Waals surface area contributed by atoms with E-state index >= 15 is 0 Å². The zero-order valence-corrected chi connectivity index (χ0v) is 22.1. The Labute approximate surface area is 220 Å². The molecule has 0 saturated carbocycles. The van der Waals surface area contributed by atoms with Gasteiger partial charge in [0.1, 0.15) is 11.9 Å². The molecule has 0 aromatic heterocycles. The largest absolute Gasteiger partial charge is 0.370 e. The Morgan fingerprint density at radius 2 is 1.86 bits per heavy atom. The molecular formula is C30H38N6O. The molecule has 4 N–H and O–H groups in total. The third-order valence-electron chi connectivity index (χ3n) is 6.56. The third-order valence-corrected chi connectivity index (χ3v) is 6.56. The minimum absolute atomic E-state index is 0.122. The van der Waals surface area contributed by atoms with Crippen LogP contribution in [-0.4, -0.2) is 50.4 Å². The fraction of sp³-hybridized carbons (Fsp3) is 0.333. The van der Waals surface area contributed by atoms with Gasteiger partial charge in [-0.2, -0.15) is 0 Å². The number of hydrogen-bond donors (Lipinski definition) is 3. The number of carbonyl (C=O) groups excluding carboxylic acids is 1. The van der Waals surface area contributed by atoms with Crippen LogP contribution in [0.25, 0.3) is 0 Å². The van der Waals surface area contributed by atoms with E-state index in [0.29, 0.717) is 6.54 Å². The number of nitrogens with two attached hydrogens (primary N) is 1. The Morgan fingerprint density at radius 1 is 1.05 bits per heavy atom. The maximum Gasteiger partial charge on any atom is 0.251 e. The molecule has 7 nitrogen and oxygen atoms in total. The van der Waals surface area contributed by atoms with Gasteiger partial charge in [0.2, 0.25) is 0 Å². The molecule has 4 rings (SSSR count). The molecule has 0 bridgehead atoms. The highest BCUT2D eigenvalue weighted by molar-refractivity contribution is 6.01. The Bertz CT molecular complexity index is 1220. The van der Waals surface area contributed by atoms with Gasteiger partial charge in [-0.25, -0.2) is 0 Å². The maximum absolute atomic E-state index is 13.5. The van der Waals surface area contributed by atoms with Crippen molar-refractivity contribution in [3.8, 4) is 0 Å². The van der Waals surface area contributed by atoms with Gasteiger partial charge in [-0.15, -0.1) is 0 Å². The molecule has 37 heavy (non-hydrogen) atoms. The molecule has 0 aliphatic carbocycles. The number of amidine groups is 1. The van der Waals surface area contributed by atoms with Gasteiger partial charge < -0.3 is 26.2 Å². The molecule has 3 aromatic rings. The Hall–Kier alpha value is -3.68. The lowest BCUT2D eigenvalue weighted by atomic mass is 10.0. The summed E-state index contributed by atoms with van der Waals surface area (Å²) in [7, 11) is 4.14. The third kappa shape index (κ3) is 6.96. The predicted octanol–water partition coefficient (Wildman–Crippen LogP) is 4.81. The van der Waals surface area contributed by atoms with Gasteiger partial charge in [-0.1, -0.05) is 42.5 Å². The second kappa shape index (κ2) is 12.5. The molecule has 1 amide bonds. The van der Waals surface area contributed by atoms with E-state index in [1.807, 2.05) is 66.7 Å². The van der Waals surface area contributed by atoms with Crippen molar-refractivity contribution < 1.29 is 4.79 Å². The molecular weight excluding hydrogens is 460 g/mol. The predicted molar refractivity (Wildman–Crippen MR) is 154 cm³/mol. The summed E-state index contributed by atoms with van der Waals surface area (Å²) < 4.78 is 0. The number of carbonyl (C=O) groups is 1. The summed E-state index contributed by atoms with van der Waals surface area (Å²) >= 11 is 0. The molecule has 1 heterocycles. The van der Waals surface area contributed by atoms with Crippen LogP contribution in [0.5, 0.6) is 0 Å². The van der Waals surface area contributed by atoms with Crippen molar-refractivity contribution in [1.82, 2.24) is 4.90 Å². The molecule has 1 fully saturated rings. The van der Waals surface area contributed by atoms with Crippen LogP contribution in [-0.2, 0) is 11.3 Å². The Morgan fingerprint density at radius 3 is 2.59 bits per heavy atom. The van der Waals surface area contributed by atoms with E-state index in [2.05, 4.69) is 47.5 Å². The fourth-order valence-electron chi connectivity index (χ4n) is 4.61. The number of benzene rings is 3. The van der Waals surface area contributed by atoms with Gasteiger partial charge in [0.15, 0.2) is 0 Å². The van der Waals surface area contributed by atoms with Gasteiger partial charge in [-0.05, 0) is 74.5 Å². The number of nitrogens with zero attached hydrogens (tertiary/aromatic N) is 3. The summed E-state index contributed by atoms with van der Waals surface area (Å²) in [6, 6.07) is 23.2. The van der Waals surface area contributed by atoms with Crippen LogP contribution < -0.4 is 21.3 Å². The van der Waals surface area contributed by atoms with E-state index < -0.39 is 6.04 Å². The number of aliphatic imine (C=N–C) groups is 1. The minimum atomic E-state index is -0.553. The second-order valence-corrected chi connectivity index (χ2v) is 9.74. The van der Waals surface area contributed by atoms with Gasteiger partial charge >= 0.3 is 0 Å². The average molecular weight is 499 g/mol. The van der Waals surface area contributed by atoms with E-state index in [-0.39, 0.29) is 5.91 Å². The molecule has 194 valence electrons. The maximum atomic E-state index is 13.5. The highest BCUT2D eigenvalue weighted by atomic mass is 16.2. The molecule has 1 saturated heterocycles. The van der Waals surface area contributed by atoms with Gasteiger partial charge in [-0.3, -0.25) is 9.79 Å². The van der Waals surface area contributed by atoms with Crippen molar-refractivity contribution in [2.75, 3.05) is 49.3 Å². The van der Waals surface area contributed by atoms with Crippen LogP contribution in [0.15, 0.2) is 77.8 Å². The number of aryl methyl sites for hydroxylation is 1. The van der Waals surface area contributed by atoms with E-state index in [0.717, 1.165) is 72.1 Å². The first-order chi connectivity index (χ1) is 17.9. The first-order valence-electron chi connectivity index (χ1n) is 12.9. The molecule has 1 aliphatic heterocycles. The van der Waals surface area contributed by atoms with Crippen LogP contribution in [0.4, 0.5) is 17.1 Å². The lowest BCUT2D eigenvalue weighted by Gasteiger charge is -2.23. The monoisotopic (exact) mass is 498 g/mol. The Balaban J connectivity index is 1.51. The number of nitrogens with one attached hydrogen (secondary N) is 2. The Kier molecular flexibility index (Phi) is 8.93. The van der Waals surface area contributed by atoms with Gasteiger partial charge in [0.05, 0.1) is 6.54 Å². The number of anilines is 3. The topological polar surface area (TPSA) is 86.0 Å². The van der Waals surface area contributed by atoms with Crippen molar-refractivity contribution in [3.63, 3.8) is 0 Å². The van der Waals surface area contributed by atoms with E-state index in [9.17, 15) is 4.79 Å². The molecule has 0 spiro atoms. The van der Waals surface area contributed by atoms with E-state index in [1.54, 1.807) is 0 Å². The van der Waals surface area contributed by atoms with Crippen molar-refractivity contribution in [1.29, 1.82) is 0 Å². The van der Waals surface area contributed by atoms with E-state index in [1.165, 1.54) is 0 Å². The minimum Gasteiger partial charge on any atom is -0.370 e. The summed E-state index contributed by atoms with van der Waals surface area (Å²) in [5.41, 5.74) is 11.6. The number of likely N-dealkylation sites (N-methyl/N-ethyl adjacent to an activating group) is 1. The average Bonchev–Trinajstić information content (AvgIpc) is 3.36. The van der Waals surface area contributed by atoms with Crippen LogP contribution in [0.1, 0.15) is 35.6 Å². The fourth-order valence-corrected chi connectivity index (χ4v) is 4.61. The number of hydrogen-bond acceptors (Lipinski definition) is 5. The molecule has 0 radical (unpaired) electrons. The van der Waals surface area contributed by atoms with Gasteiger partial charge in [0, 0.05) is 43.1 Å². The molecule has 1 unspecified atom stereocenters. The van der Waals surface area contributed by atoms with Crippen LogP contribution in [0.2, 0.25) is 0 Å². The number of amides is 1. The second-order valence-electron chi connectivity index (χ2n) is 9.74. The summed E-state index contributed by atoms with van der Waals surface area (Å²) in [6.45, 7) is 5.24. The van der Waals surface area contributed by atoms with Crippen molar-refractivity contribution in [2.24, 2.45) is 10.7 Å². The first-order valence-corrected chi connectivity index (χ1v) is 12.9. The normalized spacial score (nSPS) is 15.3. The van der Waals surface area contributed by atoms with Crippen LogP contribution in [0, 0.1) is 6.92 Å². The lowest BCUT2D eigenvalue weighted by molar-refractivity contribution is -0.117. The molecule has 1 aliphatic rings. The molecule has 3 aromatic carbocycles.